The van der Waals surface area contributed by atoms with Crippen LogP contribution in [0, 0.1) is 4.77 Å². The summed E-state index contributed by atoms with van der Waals surface area (Å²) < 4.78 is 0.445. The van der Waals surface area contributed by atoms with E-state index < -0.39 is 0 Å². The predicted octanol–water partition coefficient (Wildman–Crippen LogP) is 1.70. The molecule has 0 saturated heterocycles. The lowest BCUT2D eigenvalue weighted by molar-refractivity contribution is 0.428. The molecule has 0 radical (unpaired) electrons. The first-order chi connectivity index (χ1) is 6.27. The number of hydrogen-bond donors (Lipinski definition) is 2. The van der Waals surface area contributed by atoms with Crippen LogP contribution in [-0.2, 0) is 0 Å². The molecule has 4 nitrogen and oxygen atoms in total. The SMILES string of the molecule is Nn1[nH]c(C2CCCCC2)nc1=S. The molecular weight excluding hydrogens is 184 g/mol. The van der Waals surface area contributed by atoms with E-state index in [4.69, 9.17) is 18.1 Å². The highest BCUT2D eigenvalue weighted by Crippen LogP contribution is 2.30. The molecule has 5 heteroatoms. The standard InChI is InChI=1S/C8H14N4S/c9-12-8(13)10-7(11-12)6-4-2-1-3-5-6/h6H,1-5,9H2,(H,10,11,13). The Bertz CT molecular complexity index is 334. The molecule has 0 amide bonds. The van der Waals surface area contributed by atoms with Crippen molar-refractivity contribution in [3.8, 4) is 0 Å². The van der Waals surface area contributed by atoms with E-state index in [0.717, 1.165) is 5.82 Å². The molecule has 72 valence electrons. The third-order valence-corrected chi connectivity index (χ3v) is 2.94. The van der Waals surface area contributed by atoms with Gasteiger partial charge in [0.1, 0.15) is 5.82 Å². The molecule has 0 atom stereocenters. The van der Waals surface area contributed by atoms with Gasteiger partial charge in [0.25, 0.3) is 0 Å². The zero-order valence-electron chi connectivity index (χ0n) is 7.49. The molecule has 3 N–H and O–H groups in total. The van der Waals surface area contributed by atoms with Gasteiger partial charge in [0.2, 0.25) is 4.77 Å². The van der Waals surface area contributed by atoms with Crippen molar-refractivity contribution < 1.29 is 0 Å². The maximum Gasteiger partial charge on any atom is 0.236 e. The Morgan fingerprint density at radius 1 is 1.38 bits per heavy atom. The van der Waals surface area contributed by atoms with Crippen LogP contribution in [0.2, 0.25) is 0 Å². The van der Waals surface area contributed by atoms with Crippen molar-refractivity contribution in [1.82, 2.24) is 14.9 Å². The predicted molar refractivity (Wildman–Crippen MR) is 53.4 cm³/mol. The van der Waals surface area contributed by atoms with E-state index in [1.807, 2.05) is 0 Å². The van der Waals surface area contributed by atoms with Crippen LogP contribution < -0.4 is 5.84 Å². The first-order valence-electron chi connectivity index (χ1n) is 4.71. The van der Waals surface area contributed by atoms with E-state index in [-0.39, 0.29) is 0 Å². The van der Waals surface area contributed by atoms with Gasteiger partial charge < -0.3 is 5.84 Å². The molecule has 0 aromatic carbocycles. The number of nitrogen functional groups attached to an aromatic ring is 1. The number of nitrogens with one attached hydrogen (secondary N) is 1. The molecule has 0 bridgehead atoms. The highest BCUT2D eigenvalue weighted by atomic mass is 32.1. The molecule has 0 spiro atoms. The molecule has 0 unspecified atom stereocenters. The van der Waals surface area contributed by atoms with E-state index >= 15 is 0 Å². The van der Waals surface area contributed by atoms with Crippen molar-refractivity contribution in [2.75, 3.05) is 5.84 Å². The van der Waals surface area contributed by atoms with Gasteiger partial charge in [0.05, 0.1) is 0 Å². The Kier molecular flexibility index (Phi) is 2.35. The minimum Gasteiger partial charge on any atom is -0.322 e. The lowest BCUT2D eigenvalue weighted by Crippen LogP contribution is -2.12. The van der Waals surface area contributed by atoms with Gasteiger partial charge in [0, 0.05) is 5.92 Å². The quantitative estimate of drug-likeness (QED) is 0.533. The van der Waals surface area contributed by atoms with Crippen LogP contribution in [0.25, 0.3) is 0 Å². The maximum atomic E-state index is 5.54. The van der Waals surface area contributed by atoms with Gasteiger partial charge in [-0.1, -0.05) is 19.3 Å². The number of nitrogens with zero attached hydrogens (tertiary/aromatic N) is 2. The number of aromatic nitrogens is 3. The molecule has 0 aliphatic heterocycles. The van der Waals surface area contributed by atoms with Crippen molar-refractivity contribution >= 4 is 12.2 Å². The molecule has 1 heterocycles. The van der Waals surface area contributed by atoms with Crippen LogP contribution in [0.3, 0.4) is 0 Å². The maximum absolute atomic E-state index is 5.54. The summed E-state index contributed by atoms with van der Waals surface area (Å²) in [5, 5.41) is 2.99. The van der Waals surface area contributed by atoms with Crippen molar-refractivity contribution in [3.63, 3.8) is 0 Å². The van der Waals surface area contributed by atoms with Crippen molar-refractivity contribution in [1.29, 1.82) is 0 Å². The van der Waals surface area contributed by atoms with Crippen LogP contribution >= 0.6 is 12.2 Å². The summed E-state index contributed by atoms with van der Waals surface area (Å²) in [4.78, 5) is 5.55. The van der Waals surface area contributed by atoms with Gasteiger partial charge in [-0.3, -0.25) is 5.10 Å². The fourth-order valence-corrected chi connectivity index (χ4v) is 2.06. The third kappa shape index (κ3) is 1.75. The molecule has 1 aromatic heterocycles. The first-order valence-corrected chi connectivity index (χ1v) is 5.12. The normalized spacial score (nSPS) is 19.1. The Morgan fingerprint density at radius 2 is 2.08 bits per heavy atom. The lowest BCUT2D eigenvalue weighted by atomic mass is 9.89. The molecule has 1 fully saturated rings. The lowest BCUT2D eigenvalue weighted by Gasteiger charge is -2.18. The molecule has 1 aliphatic carbocycles. The monoisotopic (exact) mass is 198 g/mol. The van der Waals surface area contributed by atoms with Gasteiger partial charge in [-0.25, -0.2) is 4.98 Å². The Labute approximate surface area is 82.1 Å². The van der Waals surface area contributed by atoms with E-state index in [0.29, 0.717) is 10.7 Å². The number of hydrogen-bond acceptors (Lipinski definition) is 3. The second-order valence-electron chi connectivity index (χ2n) is 3.60. The van der Waals surface area contributed by atoms with Crippen LogP contribution in [-0.4, -0.2) is 14.9 Å². The number of nitrogens with two attached hydrogens (primary N) is 1. The summed E-state index contributed by atoms with van der Waals surface area (Å²) in [7, 11) is 0. The number of aromatic amines is 1. The summed E-state index contributed by atoms with van der Waals surface area (Å²) >= 11 is 4.94. The van der Waals surface area contributed by atoms with Gasteiger partial charge in [-0.2, -0.15) is 4.79 Å². The smallest absolute Gasteiger partial charge is 0.236 e. The fraction of sp³-hybridized carbons (Fsp3) is 0.750. The summed E-state index contributed by atoms with van der Waals surface area (Å²) in [5.74, 6) is 7.05. The van der Waals surface area contributed by atoms with Crippen molar-refractivity contribution in [2.24, 2.45) is 0 Å². The molecule has 1 saturated carbocycles. The van der Waals surface area contributed by atoms with Crippen LogP contribution in [0.5, 0.6) is 0 Å². The fourth-order valence-electron chi connectivity index (χ4n) is 1.91. The van der Waals surface area contributed by atoms with Crippen LogP contribution in [0.1, 0.15) is 43.8 Å². The van der Waals surface area contributed by atoms with Gasteiger partial charge in [0.15, 0.2) is 0 Å². The summed E-state index contributed by atoms with van der Waals surface area (Å²) in [5.41, 5.74) is 0. The van der Waals surface area contributed by atoms with Crippen molar-refractivity contribution in [3.05, 3.63) is 10.6 Å². The third-order valence-electron chi connectivity index (χ3n) is 2.65. The minimum absolute atomic E-state index is 0.445. The van der Waals surface area contributed by atoms with Crippen LogP contribution in [0.15, 0.2) is 0 Å². The molecule has 1 aliphatic rings. The minimum atomic E-state index is 0.445. The first kappa shape index (κ1) is 8.74. The van der Waals surface area contributed by atoms with Gasteiger partial charge in [-0.15, -0.1) is 0 Å². The average molecular weight is 198 g/mol. The van der Waals surface area contributed by atoms with Gasteiger partial charge >= 0.3 is 0 Å². The Morgan fingerprint density at radius 3 is 2.62 bits per heavy atom. The van der Waals surface area contributed by atoms with E-state index in [1.165, 1.54) is 36.9 Å². The average Bonchev–Trinajstić information content (AvgIpc) is 2.49. The Hall–Kier alpha value is -0.840. The molecule has 13 heavy (non-hydrogen) atoms. The second-order valence-corrected chi connectivity index (χ2v) is 3.96. The zero-order chi connectivity index (χ0) is 9.26. The van der Waals surface area contributed by atoms with E-state index in [1.54, 1.807) is 0 Å². The van der Waals surface area contributed by atoms with Gasteiger partial charge in [-0.05, 0) is 25.1 Å². The summed E-state index contributed by atoms with van der Waals surface area (Å²) in [6.07, 6.45) is 6.36. The molecule has 1 aromatic rings. The highest BCUT2D eigenvalue weighted by Gasteiger charge is 2.18. The van der Waals surface area contributed by atoms with Crippen LogP contribution in [0.4, 0.5) is 0 Å². The molecule has 2 rings (SSSR count). The summed E-state index contributed by atoms with van der Waals surface area (Å²) in [6, 6.07) is 0. The highest BCUT2D eigenvalue weighted by molar-refractivity contribution is 7.71. The summed E-state index contributed by atoms with van der Waals surface area (Å²) in [6.45, 7) is 0. The largest absolute Gasteiger partial charge is 0.322 e. The number of H-pyrrole nitrogens is 1. The zero-order valence-corrected chi connectivity index (χ0v) is 8.31. The second kappa shape index (κ2) is 3.49. The van der Waals surface area contributed by atoms with E-state index in [2.05, 4.69) is 10.1 Å². The molecular formula is C8H14N4S. The van der Waals surface area contributed by atoms with E-state index in [9.17, 15) is 0 Å². The number of rotatable bonds is 1. The van der Waals surface area contributed by atoms with Crippen molar-refractivity contribution in [2.45, 2.75) is 38.0 Å². The topological polar surface area (TPSA) is 59.6 Å². The Balaban J connectivity index is 2.19.